The standard InChI is InChI=1S/C30H34N4O3/c1-6-37-28(36)18-26(23-14-12-19(2)13-15-23)32-27(35)17-16-25-20(3)31-30-29(24-10-8-7-9-11-24)21(4)33-34(30)22(25)5/h7-15,26H,6,16-18H2,1-5H3,(H,32,35)/t26-/m0/s1. The van der Waals surface area contributed by atoms with Gasteiger partial charge in [-0.2, -0.15) is 5.10 Å². The van der Waals surface area contributed by atoms with Crippen LogP contribution >= 0.6 is 0 Å². The monoisotopic (exact) mass is 498 g/mol. The van der Waals surface area contributed by atoms with Crippen LogP contribution in [0.25, 0.3) is 16.8 Å². The van der Waals surface area contributed by atoms with Gasteiger partial charge in [0.25, 0.3) is 0 Å². The van der Waals surface area contributed by atoms with Crippen molar-refractivity contribution in [1.82, 2.24) is 19.9 Å². The molecule has 2 aromatic carbocycles. The predicted octanol–water partition coefficient (Wildman–Crippen LogP) is 5.37. The number of benzene rings is 2. The minimum Gasteiger partial charge on any atom is -0.466 e. The third-order valence-electron chi connectivity index (χ3n) is 6.66. The van der Waals surface area contributed by atoms with Gasteiger partial charge in [-0.1, -0.05) is 60.2 Å². The molecule has 0 aliphatic rings. The summed E-state index contributed by atoms with van der Waals surface area (Å²) in [6.45, 7) is 10.1. The number of hydrogen-bond acceptors (Lipinski definition) is 5. The number of nitrogens with zero attached hydrogens (tertiary/aromatic N) is 3. The molecule has 0 aliphatic carbocycles. The molecular formula is C30H34N4O3. The molecular weight excluding hydrogens is 464 g/mol. The quantitative estimate of drug-likeness (QED) is 0.314. The van der Waals surface area contributed by atoms with Crippen molar-refractivity contribution in [2.75, 3.05) is 6.61 Å². The first-order chi connectivity index (χ1) is 17.8. The number of hydrogen-bond donors (Lipinski definition) is 1. The van der Waals surface area contributed by atoms with Gasteiger partial charge in [-0.15, -0.1) is 0 Å². The normalized spacial score (nSPS) is 11.9. The molecule has 1 amide bonds. The summed E-state index contributed by atoms with van der Waals surface area (Å²) in [4.78, 5) is 30.1. The van der Waals surface area contributed by atoms with Crippen LogP contribution in [0.5, 0.6) is 0 Å². The first kappa shape index (κ1) is 26.1. The Kier molecular flexibility index (Phi) is 8.01. The minimum absolute atomic E-state index is 0.0863. The van der Waals surface area contributed by atoms with E-state index in [2.05, 4.69) is 17.4 Å². The van der Waals surface area contributed by atoms with Crippen molar-refractivity contribution < 1.29 is 14.3 Å². The number of rotatable bonds is 9. The van der Waals surface area contributed by atoms with Crippen LogP contribution in [0.2, 0.25) is 0 Å². The summed E-state index contributed by atoms with van der Waals surface area (Å²) >= 11 is 0. The Morgan fingerprint density at radius 1 is 0.973 bits per heavy atom. The van der Waals surface area contributed by atoms with E-state index in [-0.39, 0.29) is 24.7 Å². The van der Waals surface area contributed by atoms with Crippen LogP contribution in [-0.4, -0.2) is 33.1 Å². The highest BCUT2D eigenvalue weighted by Gasteiger charge is 2.21. The van der Waals surface area contributed by atoms with Gasteiger partial charge >= 0.3 is 5.97 Å². The highest BCUT2D eigenvalue weighted by atomic mass is 16.5. The Morgan fingerprint density at radius 3 is 2.35 bits per heavy atom. The lowest BCUT2D eigenvalue weighted by Crippen LogP contribution is -2.31. The second kappa shape index (κ2) is 11.4. The SMILES string of the molecule is CCOC(=O)C[C@H](NC(=O)CCc1c(C)nc2c(-c3ccccc3)c(C)nn2c1C)c1ccc(C)cc1. The molecule has 0 saturated heterocycles. The van der Waals surface area contributed by atoms with Crippen molar-refractivity contribution in [3.05, 3.63) is 88.4 Å². The molecule has 0 spiro atoms. The van der Waals surface area contributed by atoms with E-state index < -0.39 is 6.04 Å². The summed E-state index contributed by atoms with van der Waals surface area (Å²) in [6.07, 6.45) is 0.876. The first-order valence-corrected chi connectivity index (χ1v) is 12.7. The fraction of sp³-hybridized carbons (Fsp3) is 0.333. The molecule has 4 rings (SSSR count). The lowest BCUT2D eigenvalue weighted by Gasteiger charge is -2.19. The third-order valence-corrected chi connectivity index (χ3v) is 6.66. The number of nitrogens with one attached hydrogen (secondary N) is 1. The van der Waals surface area contributed by atoms with Gasteiger partial charge in [0.15, 0.2) is 5.65 Å². The second-order valence-electron chi connectivity index (χ2n) is 9.36. The Morgan fingerprint density at radius 2 is 1.68 bits per heavy atom. The Hall–Kier alpha value is -4.00. The molecule has 1 N–H and O–H groups in total. The Bertz CT molecular complexity index is 1410. The summed E-state index contributed by atoms with van der Waals surface area (Å²) in [5.74, 6) is -0.464. The second-order valence-corrected chi connectivity index (χ2v) is 9.36. The summed E-state index contributed by atoms with van der Waals surface area (Å²) in [6, 6.07) is 17.5. The molecule has 0 saturated carbocycles. The number of amides is 1. The van der Waals surface area contributed by atoms with Crippen molar-refractivity contribution in [2.24, 2.45) is 0 Å². The number of ether oxygens (including phenoxy) is 1. The van der Waals surface area contributed by atoms with E-state index in [9.17, 15) is 9.59 Å². The number of esters is 1. The Labute approximate surface area is 217 Å². The van der Waals surface area contributed by atoms with Crippen LogP contribution < -0.4 is 5.32 Å². The summed E-state index contributed by atoms with van der Waals surface area (Å²) < 4.78 is 7.02. The zero-order valence-corrected chi connectivity index (χ0v) is 22.2. The van der Waals surface area contributed by atoms with Crippen molar-refractivity contribution in [3.8, 4) is 11.1 Å². The third kappa shape index (κ3) is 5.88. The van der Waals surface area contributed by atoms with E-state index in [1.807, 2.05) is 74.7 Å². The zero-order valence-electron chi connectivity index (χ0n) is 22.2. The van der Waals surface area contributed by atoms with Gasteiger partial charge < -0.3 is 10.1 Å². The lowest BCUT2D eigenvalue weighted by atomic mass is 10.0. The molecule has 7 nitrogen and oxygen atoms in total. The lowest BCUT2D eigenvalue weighted by molar-refractivity contribution is -0.143. The molecule has 0 unspecified atom stereocenters. The smallest absolute Gasteiger partial charge is 0.308 e. The van der Waals surface area contributed by atoms with Crippen LogP contribution in [0.15, 0.2) is 54.6 Å². The van der Waals surface area contributed by atoms with E-state index in [4.69, 9.17) is 14.8 Å². The van der Waals surface area contributed by atoms with Crippen molar-refractivity contribution in [2.45, 2.75) is 59.9 Å². The van der Waals surface area contributed by atoms with Gasteiger partial charge in [0.2, 0.25) is 5.91 Å². The molecule has 192 valence electrons. The molecule has 1 atom stereocenters. The van der Waals surface area contributed by atoms with Crippen LogP contribution in [0.1, 0.15) is 59.6 Å². The maximum atomic E-state index is 13.0. The van der Waals surface area contributed by atoms with E-state index in [0.717, 1.165) is 50.5 Å². The number of carbonyl (C=O) groups is 2. The van der Waals surface area contributed by atoms with Gasteiger partial charge in [0.1, 0.15) is 0 Å². The van der Waals surface area contributed by atoms with Gasteiger partial charge in [0.05, 0.1) is 24.8 Å². The van der Waals surface area contributed by atoms with Crippen molar-refractivity contribution in [3.63, 3.8) is 0 Å². The molecule has 7 heteroatoms. The highest BCUT2D eigenvalue weighted by molar-refractivity contribution is 5.81. The molecule has 4 aromatic rings. The van der Waals surface area contributed by atoms with E-state index in [1.54, 1.807) is 6.92 Å². The van der Waals surface area contributed by atoms with Crippen LogP contribution in [0.4, 0.5) is 0 Å². The average molecular weight is 499 g/mol. The first-order valence-electron chi connectivity index (χ1n) is 12.7. The fourth-order valence-electron chi connectivity index (χ4n) is 4.72. The zero-order chi connectivity index (χ0) is 26.5. The van der Waals surface area contributed by atoms with Gasteiger partial charge in [-0.05, 0) is 57.7 Å². The Balaban J connectivity index is 1.53. The maximum absolute atomic E-state index is 13.0. The topological polar surface area (TPSA) is 85.6 Å². The maximum Gasteiger partial charge on any atom is 0.308 e. The molecule has 0 aliphatic heterocycles. The van der Waals surface area contributed by atoms with Gasteiger partial charge in [-0.3, -0.25) is 9.59 Å². The largest absolute Gasteiger partial charge is 0.466 e. The van der Waals surface area contributed by atoms with Crippen molar-refractivity contribution in [1.29, 1.82) is 0 Å². The molecule has 37 heavy (non-hydrogen) atoms. The molecule has 2 heterocycles. The van der Waals surface area contributed by atoms with Crippen LogP contribution in [0, 0.1) is 27.7 Å². The highest BCUT2D eigenvalue weighted by Crippen LogP contribution is 2.29. The van der Waals surface area contributed by atoms with Crippen LogP contribution in [0.3, 0.4) is 0 Å². The predicted molar refractivity (Wildman–Crippen MR) is 144 cm³/mol. The number of aryl methyl sites for hydroxylation is 4. The molecule has 0 fully saturated rings. The molecule has 0 radical (unpaired) electrons. The van der Waals surface area contributed by atoms with Crippen LogP contribution in [-0.2, 0) is 20.7 Å². The summed E-state index contributed by atoms with van der Waals surface area (Å²) in [7, 11) is 0. The van der Waals surface area contributed by atoms with Crippen molar-refractivity contribution >= 4 is 17.5 Å². The minimum atomic E-state index is -0.447. The number of fused-ring (bicyclic) bond motifs is 1. The van der Waals surface area contributed by atoms with E-state index >= 15 is 0 Å². The average Bonchev–Trinajstić information content (AvgIpc) is 3.20. The summed E-state index contributed by atoms with van der Waals surface area (Å²) in [5, 5.41) is 7.81. The van der Waals surface area contributed by atoms with E-state index in [1.165, 1.54) is 0 Å². The van der Waals surface area contributed by atoms with Gasteiger partial charge in [0, 0.05) is 23.4 Å². The fourth-order valence-corrected chi connectivity index (χ4v) is 4.72. The number of aromatic nitrogens is 3. The molecule has 0 bridgehead atoms. The number of carbonyl (C=O) groups excluding carboxylic acids is 2. The van der Waals surface area contributed by atoms with E-state index in [0.29, 0.717) is 13.0 Å². The molecule has 2 aromatic heterocycles. The summed E-state index contributed by atoms with van der Waals surface area (Å²) in [5.41, 5.74) is 8.69. The van der Waals surface area contributed by atoms with Gasteiger partial charge in [-0.25, -0.2) is 9.50 Å².